The molecule has 1 atom stereocenters. The van der Waals surface area contributed by atoms with Gasteiger partial charge in [0.05, 0.1) is 6.10 Å². The second-order valence-corrected chi connectivity index (χ2v) is 5.56. The van der Waals surface area contributed by atoms with Crippen molar-refractivity contribution in [3.8, 4) is 5.75 Å². The fourth-order valence-corrected chi connectivity index (χ4v) is 2.92. The van der Waals surface area contributed by atoms with E-state index >= 15 is 0 Å². The van der Waals surface area contributed by atoms with Gasteiger partial charge in [0, 0.05) is 23.7 Å². The van der Waals surface area contributed by atoms with Crippen LogP contribution in [0.15, 0.2) is 48.5 Å². The average Bonchev–Trinajstić information content (AvgIpc) is 2.47. The largest absolute Gasteiger partial charge is 0.491 e. The second kappa shape index (κ2) is 5.58. The summed E-state index contributed by atoms with van der Waals surface area (Å²) < 4.78 is 5.99. The Bertz CT molecular complexity index is 591. The van der Waals surface area contributed by atoms with Gasteiger partial charge in [-0.3, -0.25) is 0 Å². The summed E-state index contributed by atoms with van der Waals surface area (Å²) in [7, 11) is 0. The lowest BCUT2D eigenvalue weighted by atomic mass is 9.85. The summed E-state index contributed by atoms with van der Waals surface area (Å²) in [5, 5.41) is 3.48. The number of para-hydroxylation sites is 2. The van der Waals surface area contributed by atoms with Crippen molar-refractivity contribution in [2.45, 2.75) is 32.3 Å². The van der Waals surface area contributed by atoms with Crippen LogP contribution in [-0.4, -0.2) is 12.6 Å². The van der Waals surface area contributed by atoms with Gasteiger partial charge >= 0.3 is 0 Å². The molecule has 0 bridgehead atoms. The smallest absolute Gasteiger partial charge is 0.123 e. The molecular formula is C18H21NO. The molecule has 1 aliphatic heterocycles. The lowest BCUT2D eigenvalue weighted by Gasteiger charge is -2.28. The SMILES string of the molecule is CC(C)Oc1ccccc1C1CCNc2ccccc21. The summed E-state index contributed by atoms with van der Waals surface area (Å²) in [4.78, 5) is 0. The maximum absolute atomic E-state index is 5.99. The Morgan fingerprint density at radius 2 is 1.70 bits per heavy atom. The van der Waals surface area contributed by atoms with Crippen LogP contribution >= 0.6 is 0 Å². The summed E-state index contributed by atoms with van der Waals surface area (Å²) in [6.07, 6.45) is 1.31. The van der Waals surface area contributed by atoms with Crippen molar-refractivity contribution in [1.82, 2.24) is 0 Å². The number of ether oxygens (including phenoxy) is 1. The molecule has 104 valence electrons. The van der Waals surface area contributed by atoms with Gasteiger partial charge in [-0.15, -0.1) is 0 Å². The number of benzene rings is 2. The van der Waals surface area contributed by atoms with E-state index in [1.54, 1.807) is 0 Å². The van der Waals surface area contributed by atoms with E-state index < -0.39 is 0 Å². The highest BCUT2D eigenvalue weighted by Gasteiger charge is 2.23. The zero-order chi connectivity index (χ0) is 13.9. The van der Waals surface area contributed by atoms with Crippen LogP contribution in [0.25, 0.3) is 0 Å². The van der Waals surface area contributed by atoms with E-state index in [-0.39, 0.29) is 6.10 Å². The first-order valence-electron chi connectivity index (χ1n) is 7.34. The number of hydrogen-bond acceptors (Lipinski definition) is 2. The highest BCUT2D eigenvalue weighted by molar-refractivity contribution is 5.58. The van der Waals surface area contributed by atoms with Crippen LogP contribution in [0.1, 0.15) is 37.3 Å². The van der Waals surface area contributed by atoms with Crippen molar-refractivity contribution in [1.29, 1.82) is 0 Å². The Morgan fingerprint density at radius 1 is 1.00 bits per heavy atom. The van der Waals surface area contributed by atoms with Gasteiger partial charge in [-0.05, 0) is 38.0 Å². The summed E-state index contributed by atoms with van der Waals surface area (Å²) >= 11 is 0. The van der Waals surface area contributed by atoms with Crippen molar-refractivity contribution in [2.75, 3.05) is 11.9 Å². The number of hydrogen-bond donors (Lipinski definition) is 1. The van der Waals surface area contributed by atoms with E-state index in [2.05, 4.69) is 61.6 Å². The van der Waals surface area contributed by atoms with Gasteiger partial charge in [0.1, 0.15) is 5.75 Å². The fraction of sp³-hybridized carbons (Fsp3) is 0.333. The van der Waals surface area contributed by atoms with Crippen LogP contribution in [0.4, 0.5) is 5.69 Å². The number of anilines is 1. The minimum Gasteiger partial charge on any atom is -0.491 e. The molecule has 1 unspecified atom stereocenters. The zero-order valence-electron chi connectivity index (χ0n) is 12.1. The van der Waals surface area contributed by atoms with Crippen LogP contribution in [0, 0.1) is 0 Å². The lowest BCUT2D eigenvalue weighted by Crippen LogP contribution is -2.18. The molecule has 2 heteroatoms. The number of rotatable bonds is 3. The van der Waals surface area contributed by atoms with Gasteiger partial charge in [0.2, 0.25) is 0 Å². The monoisotopic (exact) mass is 267 g/mol. The second-order valence-electron chi connectivity index (χ2n) is 5.56. The Hall–Kier alpha value is -1.96. The van der Waals surface area contributed by atoms with E-state index in [4.69, 9.17) is 4.74 Å². The van der Waals surface area contributed by atoms with Gasteiger partial charge < -0.3 is 10.1 Å². The van der Waals surface area contributed by atoms with Gasteiger partial charge in [-0.1, -0.05) is 36.4 Å². The quantitative estimate of drug-likeness (QED) is 0.888. The molecule has 0 fully saturated rings. The highest BCUT2D eigenvalue weighted by Crippen LogP contribution is 2.40. The highest BCUT2D eigenvalue weighted by atomic mass is 16.5. The normalized spacial score (nSPS) is 17.4. The first-order chi connectivity index (χ1) is 9.75. The van der Waals surface area contributed by atoms with Crippen LogP contribution in [0.5, 0.6) is 5.75 Å². The summed E-state index contributed by atoms with van der Waals surface area (Å²) in [6.45, 7) is 5.16. The minimum atomic E-state index is 0.202. The van der Waals surface area contributed by atoms with E-state index in [9.17, 15) is 0 Å². The fourth-order valence-electron chi connectivity index (χ4n) is 2.92. The van der Waals surface area contributed by atoms with Gasteiger partial charge in [0.25, 0.3) is 0 Å². The summed E-state index contributed by atoms with van der Waals surface area (Å²) in [6, 6.07) is 17.0. The number of fused-ring (bicyclic) bond motifs is 1. The molecule has 1 aliphatic rings. The Morgan fingerprint density at radius 3 is 2.50 bits per heavy atom. The third-order valence-electron chi connectivity index (χ3n) is 3.74. The Balaban J connectivity index is 2.02. The van der Waals surface area contributed by atoms with Gasteiger partial charge in [-0.2, -0.15) is 0 Å². The molecule has 1 N–H and O–H groups in total. The zero-order valence-corrected chi connectivity index (χ0v) is 12.1. The van der Waals surface area contributed by atoms with Crippen LogP contribution in [0.2, 0.25) is 0 Å². The molecule has 2 nitrogen and oxygen atoms in total. The molecule has 2 aromatic rings. The Kier molecular flexibility index (Phi) is 3.64. The first kappa shape index (κ1) is 13.0. The molecule has 0 spiro atoms. The topological polar surface area (TPSA) is 21.3 Å². The standard InChI is InChI=1S/C18H21NO/c1-13(2)20-18-10-6-4-8-16(18)14-11-12-19-17-9-5-3-7-15(14)17/h3-10,13-14,19H,11-12H2,1-2H3. The molecule has 2 aromatic carbocycles. The van der Waals surface area contributed by atoms with Gasteiger partial charge in [0.15, 0.2) is 0 Å². The van der Waals surface area contributed by atoms with Crippen molar-refractivity contribution in [2.24, 2.45) is 0 Å². The molecule has 1 heterocycles. The number of nitrogens with one attached hydrogen (secondary N) is 1. The molecule has 0 aromatic heterocycles. The van der Waals surface area contributed by atoms with Gasteiger partial charge in [-0.25, -0.2) is 0 Å². The molecule has 20 heavy (non-hydrogen) atoms. The summed E-state index contributed by atoms with van der Waals surface area (Å²) in [5.74, 6) is 1.44. The maximum atomic E-state index is 5.99. The first-order valence-corrected chi connectivity index (χ1v) is 7.34. The van der Waals surface area contributed by atoms with E-state index in [1.807, 2.05) is 6.07 Å². The lowest BCUT2D eigenvalue weighted by molar-refractivity contribution is 0.239. The molecule has 0 saturated heterocycles. The van der Waals surface area contributed by atoms with E-state index in [0.717, 1.165) is 18.7 Å². The van der Waals surface area contributed by atoms with Crippen LogP contribution < -0.4 is 10.1 Å². The Labute approximate surface area is 120 Å². The van der Waals surface area contributed by atoms with Crippen molar-refractivity contribution < 1.29 is 4.74 Å². The van der Waals surface area contributed by atoms with E-state index in [1.165, 1.54) is 16.8 Å². The molecular weight excluding hydrogens is 246 g/mol. The third-order valence-corrected chi connectivity index (χ3v) is 3.74. The predicted molar refractivity (Wildman–Crippen MR) is 83.6 cm³/mol. The molecule has 0 amide bonds. The average molecular weight is 267 g/mol. The van der Waals surface area contributed by atoms with Crippen LogP contribution in [0.3, 0.4) is 0 Å². The van der Waals surface area contributed by atoms with Crippen molar-refractivity contribution >= 4 is 5.69 Å². The predicted octanol–water partition coefficient (Wildman–Crippen LogP) is 4.42. The minimum absolute atomic E-state index is 0.202. The molecule has 0 aliphatic carbocycles. The van der Waals surface area contributed by atoms with Crippen molar-refractivity contribution in [3.05, 3.63) is 59.7 Å². The van der Waals surface area contributed by atoms with Crippen LogP contribution in [-0.2, 0) is 0 Å². The maximum Gasteiger partial charge on any atom is 0.123 e. The third kappa shape index (κ3) is 2.51. The van der Waals surface area contributed by atoms with Crippen molar-refractivity contribution in [3.63, 3.8) is 0 Å². The molecule has 0 saturated carbocycles. The molecule has 0 radical (unpaired) electrons. The molecule has 3 rings (SSSR count). The summed E-state index contributed by atoms with van der Waals surface area (Å²) in [5.41, 5.74) is 3.93. The van der Waals surface area contributed by atoms with E-state index in [0.29, 0.717) is 5.92 Å².